The van der Waals surface area contributed by atoms with Gasteiger partial charge in [0.25, 0.3) is 0 Å². The van der Waals surface area contributed by atoms with Crippen LogP contribution in [0.4, 0.5) is 0 Å². The van der Waals surface area contributed by atoms with E-state index in [1.54, 1.807) is 0 Å². The van der Waals surface area contributed by atoms with Crippen LogP contribution in [-0.4, -0.2) is 47.4 Å². The van der Waals surface area contributed by atoms with Crippen LogP contribution in [0.5, 0.6) is 0 Å². The maximum Gasteiger partial charge on any atom is 0.305 e. The third kappa shape index (κ3) is 54.0. The number of carbonyl (C=O) groups excluding carboxylic acids is 2. The Hall–Kier alpha value is -1.14. The van der Waals surface area contributed by atoms with Gasteiger partial charge in [-0.15, -0.1) is 0 Å². The number of rotatable bonds is 58. The van der Waals surface area contributed by atoms with Crippen molar-refractivity contribution in [2.75, 3.05) is 13.2 Å². The van der Waals surface area contributed by atoms with Gasteiger partial charge in [0.05, 0.1) is 25.4 Å². The minimum atomic E-state index is -0.681. The molecule has 0 aliphatic rings. The van der Waals surface area contributed by atoms with E-state index in [0.717, 1.165) is 57.8 Å². The molecule has 0 saturated heterocycles. The monoisotopic (exact) mass is 948 g/mol. The van der Waals surface area contributed by atoms with Gasteiger partial charge in [-0.2, -0.15) is 0 Å². The zero-order valence-corrected chi connectivity index (χ0v) is 45.7. The molecule has 0 aliphatic heterocycles. The van der Waals surface area contributed by atoms with Gasteiger partial charge in [0.2, 0.25) is 5.91 Å². The van der Waals surface area contributed by atoms with Gasteiger partial charge >= 0.3 is 5.97 Å². The van der Waals surface area contributed by atoms with Gasteiger partial charge in [-0.1, -0.05) is 316 Å². The first kappa shape index (κ1) is 65.9. The van der Waals surface area contributed by atoms with Gasteiger partial charge in [0.15, 0.2) is 0 Å². The van der Waals surface area contributed by atoms with Crippen LogP contribution in [0.25, 0.3) is 0 Å². The van der Waals surface area contributed by atoms with E-state index in [0.29, 0.717) is 25.9 Å². The second kappa shape index (κ2) is 57.4. The summed E-state index contributed by atoms with van der Waals surface area (Å²) in [5.41, 5.74) is 0. The molecule has 0 saturated carbocycles. The number of nitrogens with one attached hydrogen (secondary N) is 1. The van der Waals surface area contributed by atoms with Crippen LogP contribution in [-0.2, 0) is 14.3 Å². The summed E-state index contributed by atoms with van der Waals surface area (Å²) >= 11 is 0. The Morgan fingerprint density at radius 3 is 0.910 bits per heavy atom. The van der Waals surface area contributed by atoms with Crippen molar-refractivity contribution in [3.63, 3.8) is 0 Å². The van der Waals surface area contributed by atoms with Crippen molar-refractivity contribution in [3.8, 4) is 0 Å². The molecule has 0 aliphatic carbocycles. The number of esters is 1. The maximum absolute atomic E-state index is 12.5. The Bertz CT molecular complexity index is 959. The first-order valence-corrected chi connectivity index (χ1v) is 30.8. The molecule has 0 radical (unpaired) electrons. The van der Waals surface area contributed by atoms with Crippen molar-refractivity contribution in [3.05, 3.63) is 0 Å². The Labute approximate surface area is 419 Å². The van der Waals surface area contributed by atoms with E-state index in [9.17, 15) is 19.8 Å². The summed E-state index contributed by atoms with van der Waals surface area (Å²) in [6, 6.07) is -0.561. The van der Waals surface area contributed by atoms with Crippen molar-refractivity contribution in [2.45, 2.75) is 366 Å². The fourth-order valence-electron chi connectivity index (χ4n) is 9.94. The van der Waals surface area contributed by atoms with Crippen molar-refractivity contribution in [1.82, 2.24) is 5.32 Å². The topological polar surface area (TPSA) is 95.9 Å². The highest BCUT2D eigenvalue weighted by Gasteiger charge is 2.20. The summed E-state index contributed by atoms with van der Waals surface area (Å²) in [5, 5.41) is 23.4. The number of aliphatic hydroxyl groups excluding tert-OH is 2. The van der Waals surface area contributed by atoms with Crippen LogP contribution in [0.1, 0.15) is 354 Å². The minimum absolute atomic E-state index is 0.0187. The predicted octanol–water partition coefficient (Wildman–Crippen LogP) is 19.1. The molecular weight excluding hydrogens is 827 g/mol. The number of unbranched alkanes of at least 4 members (excludes halogenated alkanes) is 47. The summed E-state index contributed by atoms with van der Waals surface area (Å²) in [6.45, 7) is 4.93. The molecule has 0 aromatic heterocycles. The average molecular weight is 949 g/mol. The number of carbonyl (C=O) groups is 2. The average Bonchev–Trinajstić information content (AvgIpc) is 3.33. The lowest BCUT2D eigenvalue weighted by molar-refractivity contribution is -0.143. The Morgan fingerprint density at radius 1 is 0.358 bits per heavy atom. The van der Waals surface area contributed by atoms with E-state index >= 15 is 0 Å². The standard InChI is InChI=1S/C61H121NO5/c1-3-5-7-9-11-13-15-17-19-21-23-24-25-26-27-28-30-32-34-37-41-45-49-53-59(64)58(57-63)62-60(65)54-50-46-42-38-36-40-44-48-52-56-67-61(66)55-51-47-43-39-35-33-31-29-22-20-18-16-14-12-10-8-6-4-2/h58-59,63-64H,3-57H2,1-2H3,(H,62,65). The smallest absolute Gasteiger partial charge is 0.305 e. The third-order valence-electron chi connectivity index (χ3n) is 14.7. The summed E-state index contributed by atoms with van der Waals surface area (Å²) in [6.07, 6.45) is 66.8. The van der Waals surface area contributed by atoms with E-state index in [4.69, 9.17) is 4.74 Å². The molecule has 6 heteroatoms. The molecule has 0 rings (SSSR count). The van der Waals surface area contributed by atoms with E-state index in [1.807, 2.05) is 0 Å². The van der Waals surface area contributed by atoms with Crippen LogP contribution >= 0.6 is 0 Å². The van der Waals surface area contributed by atoms with Gasteiger partial charge in [-0.05, 0) is 25.7 Å². The van der Waals surface area contributed by atoms with E-state index in [2.05, 4.69) is 19.2 Å². The molecule has 0 heterocycles. The summed E-state index contributed by atoms with van der Waals surface area (Å²) in [7, 11) is 0. The van der Waals surface area contributed by atoms with E-state index in [-0.39, 0.29) is 18.5 Å². The Morgan fingerprint density at radius 2 is 0.612 bits per heavy atom. The highest BCUT2D eigenvalue weighted by Crippen LogP contribution is 2.18. The molecule has 0 aromatic rings. The second-order valence-electron chi connectivity index (χ2n) is 21.4. The number of aliphatic hydroxyl groups is 2. The zero-order valence-electron chi connectivity index (χ0n) is 45.7. The molecule has 1 amide bonds. The predicted molar refractivity (Wildman–Crippen MR) is 292 cm³/mol. The molecule has 0 fully saturated rings. The van der Waals surface area contributed by atoms with Gasteiger partial charge in [-0.25, -0.2) is 0 Å². The lowest BCUT2D eigenvalue weighted by atomic mass is 10.0. The van der Waals surface area contributed by atoms with Gasteiger partial charge in [-0.3, -0.25) is 9.59 Å². The van der Waals surface area contributed by atoms with Crippen LogP contribution in [0, 0.1) is 0 Å². The fourth-order valence-corrected chi connectivity index (χ4v) is 9.94. The SMILES string of the molecule is CCCCCCCCCCCCCCCCCCCCCCCCCC(O)C(CO)NC(=O)CCCCCCCCCCCOC(=O)CCCCCCCCCCCCCCCCCCCC. The van der Waals surface area contributed by atoms with Gasteiger partial charge in [0, 0.05) is 12.8 Å². The molecule has 2 unspecified atom stereocenters. The molecule has 0 aromatic carbocycles. The maximum atomic E-state index is 12.5. The van der Waals surface area contributed by atoms with Crippen LogP contribution < -0.4 is 5.32 Å². The molecule has 3 N–H and O–H groups in total. The second-order valence-corrected chi connectivity index (χ2v) is 21.4. The lowest BCUT2D eigenvalue weighted by Crippen LogP contribution is -2.45. The first-order chi connectivity index (χ1) is 33.0. The molecule has 0 spiro atoms. The summed E-state index contributed by atoms with van der Waals surface area (Å²) in [5.74, 6) is -0.0756. The van der Waals surface area contributed by atoms with Crippen LogP contribution in [0.3, 0.4) is 0 Å². The molecule has 67 heavy (non-hydrogen) atoms. The van der Waals surface area contributed by atoms with E-state index in [1.165, 1.54) is 263 Å². The largest absolute Gasteiger partial charge is 0.466 e. The Kier molecular flexibility index (Phi) is 56.5. The molecular formula is C61H121NO5. The van der Waals surface area contributed by atoms with Crippen molar-refractivity contribution in [1.29, 1.82) is 0 Å². The highest BCUT2D eigenvalue weighted by molar-refractivity contribution is 5.76. The quantitative estimate of drug-likeness (QED) is 0.0417. The van der Waals surface area contributed by atoms with Crippen molar-refractivity contribution in [2.24, 2.45) is 0 Å². The number of hydrogen-bond acceptors (Lipinski definition) is 5. The summed E-state index contributed by atoms with van der Waals surface area (Å²) in [4.78, 5) is 24.6. The van der Waals surface area contributed by atoms with Crippen LogP contribution in [0.15, 0.2) is 0 Å². The fraction of sp³-hybridized carbons (Fsp3) is 0.967. The molecule has 2 atom stereocenters. The minimum Gasteiger partial charge on any atom is -0.466 e. The van der Waals surface area contributed by atoms with Crippen LogP contribution in [0.2, 0.25) is 0 Å². The third-order valence-corrected chi connectivity index (χ3v) is 14.7. The van der Waals surface area contributed by atoms with Crippen molar-refractivity contribution < 1.29 is 24.5 Å². The zero-order chi connectivity index (χ0) is 48.6. The Balaban J connectivity index is 3.44. The highest BCUT2D eigenvalue weighted by atomic mass is 16.5. The lowest BCUT2D eigenvalue weighted by Gasteiger charge is -2.22. The number of hydrogen-bond donors (Lipinski definition) is 3. The van der Waals surface area contributed by atoms with Crippen molar-refractivity contribution >= 4 is 11.9 Å². The van der Waals surface area contributed by atoms with Gasteiger partial charge in [0.1, 0.15) is 0 Å². The number of ether oxygens (including phenoxy) is 1. The molecule has 6 nitrogen and oxygen atoms in total. The summed E-state index contributed by atoms with van der Waals surface area (Å²) < 4.78 is 5.48. The molecule has 400 valence electrons. The first-order valence-electron chi connectivity index (χ1n) is 30.8. The normalized spacial score (nSPS) is 12.5. The van der Waals surface area contributed by atoms with E-state index < -0.39 is 12.1 Å². The number of amides is 1. The van der Waals surface area contributed by atoms with Gasteiger partial charge < -0.3 is 20.3 Å². The molecule has 0 bridgehead atoms.